The highest BCUT2D eigenvalue weighted by Gasteiger charge is 2.27. The van der Waals surface area contributed by atoms with E-state index in [9.17, 15) is 0 Å². The quantitative estimate of drug-likeness (QED) is 0.913. The van der Waals surface area contributed by atoms with Gasteiger partial charge in [-0.15, -0.1) is 0 Å². The van der Waals surface area contributed by atoms with Crippen molar-refractivity contribution >= 4 is 21.6 Å². The standard InChI is InChI=1S/C12H17BrN2/c1-8(14)11-7-9(13)3-6-12(11)15(2)10-4-5-10/h3,6-8,10H,4-5,14H2,1-2H3. The number of hydrogen-bond donors (Lipinski definition) is 1. The van der Waals surface area contributed by atoms with Crippen molar-refractivity contribution in [3.8, 4) is 0 Å². The van der Waals surface area contributed by atoms with E-state index in [1.54, 1.807) is 0 Å². The van der Waals surface area contributed by atoms with Crippen LogP contribution in [-0.4, -0.2) is 13.1 Å². The molecule has 2 N–H and O–H groups in total. The molecule has 0 aliphatic heterocycles. The Balaban J connectivity index is 2.35. The largest absolute Gasteiger partial charge is 0.371 e. The monoisotopic (exact) mass is 268 g/mol. The minimum Gasteiger partial charge on any atom is -0.371 e. The molecular formula is C12H17BrN2. The molecule has 3 heteroatoms. The molecule has 0 heterocycles. The summed E-state index contributed by atoms with van der Waals surface area (Å²) in [5.41, 5.74) is 8.49. The topological polar surface area (TPSA) is 29.3 Å². The number of benzene rings is 1. The van der Waals surface area contributed by atoms with Gasteiger partial charge in [-0.1, -0.05) is 15.9 Å². The van der Waals surface area contributed by atoms with Gasteiger partial charge < -0.3 is 10.6 Å². The second kappa shape index (κ2) is 4.14. The van der Waals surface area contributed by atoms with Gasteiger partial charge >= 0.3 is 0 Å². The molecule has 1 aliphatic carbocycles. The van der Waals surface area contributed by atoms with Gasteiger partial charge in [-0.3, -0.25) is 0 Å². The first-order valence-corrected chi connectivity index (χ1v) is 6.16. The maximum atomic E-state index is 5.99. The second-order valence-electron chi connectivity index (χ2n) is 4.33. The lowest BCUT2D eigenvalue weighted by Gasteiger charge is -2.24. The lowest BCUT2D eigenvalue weighted by molar-refractivity contribution is 0.799. The van der Waals surface area contributed by atoms with Crippen molar-refractivity contribution in [3.05, 3.63) is 28.2 Å². The van der Waals surface area contributed by atoms with E-state index in [1.807, 2.05) is 6.92 Å². The third-order valence-electron chi connectivity index (χ3n) is 2.95. The Hall–Kier alpha value is -0.540. The molecule has 15 heavy (non-hydrogen) atoms. The summed E-state index contributed by atoms with van der Waals surface area (Å²) in [5, 5.41) is 0. The van der Waals surface area contributed by atoms with E-state index >= 15 is 0 Å². The molecule has 82 valence electrons. The van der Waals surface area contributed by atoms with Gasteiger partial charge in [-0.05, 0) is 43.5 Å². The normalized spacial score (nSPS) is 17.6. The highest BCUT2D eigenvalue weighted by molar-refractivity contribution is 9.10. The number of hydrogen-bond acceptors (Lipinski definition) is 2. The van der Waals surface area contributed by atoms with E-state index in [2.05, 4.69) is 46.1 Å². The number of rotatable bonds is 3. The predicted octanol–water partition coefficient (Wildman–Crippen LogP) is 3.07. The van der Waals surface area contributed by atoms with Crippen molar-refractivity contribution in [1.29, 1.82) is 0 Å². The molecule has 2 rings (SSSR count). The minimum atomic E-state index is 0.0821. The minimum absolute atomic E-state index is 0.0821. The summed E-state index contributed by atoms with van der Waals surface area (Å²) in [5.74, 6) is 0. The second-order valence-corrected chi connectivity index (χ2v) is 5.25. The molecule has 0 bridgehead atoms. The van der Waals surface area contributed by atoms with Crippen LogP contribution in [0.5, 0.6) is 0 Å². The molecule has 1 fully saturated rings. The van der Waals surface area contributed by atoms with E-state index in [4.69, 9.17) is 5.73 Å². The molecule has 1 aromatic carbocycles. The van der Waals surface area contributed by atoms with E-state index in [-0.39, 0.29) is 6.04 Å². The van der Waals surface area contributed by atoms with Crippen molar-refractivity contribution in [2.45, 2.75) is 31.8 Å². The van der Waals surface area contributed by atoms with Crippen LogP contribution in [0.4, 0.5) is 5.69 Å². The molecule has 1 atom stereocenters. The van der Waals surface area contributed by atoms with Crippen molar-refractivity contribution in [3.63, 3.8) is 0 Å². The fourth-order valence-corrected chi connectivity index (χ4v) is 2.25. The van der Waals surface area contributed by atoms with Crippen LogP contribution in [0.15, 0.2) is 22.7 Å². The van der Waals surface area contributed by atoms with Crippen LogP contribution in [0, 0.1) is 0 Å². The molecule has 1 aromatic rings. The molecule has 0 spiro atoms. The Morgan fingerprint density at radius 2 is 2.13 bits per heavy atom. The zero-order chi connectivity index (χ0) is 11.0. The van der Waals surface area contributed by atoms with Gasteiger partial charge in [-0.2, -0.15) is 0 Å². The molecule has 1 aliphatic rings. The van der Waals surface area contributed by atoms with Gasteiger partial charge in [0.25, 0.3) is 0 Å². The van der Waals surface area contributed by atoms with E-state index in [0.717, 1.165) is 10.5 Å². The Kier molecular flexibility index (Phi) is 3.03. The molecule has 0 aromatic heterocycles. The summed E-state index contributed by atoms with van der Waals surface area (Å²) >= 11 is 3.49. The highest BCUT2D eigenvalue weighted by atomic mass is 79.9. The Labute approximate surface area is 99.6 Å². The van der Waals surface area contributed by atoms with Gasteiger partial charge in [-0.25, -0.2) is 0 Å². The first-order chi connectivity index (χ1) is 7.09. The first kappa shape index (κ1) is 11.0. The van der Waals surface area contributed by atoms with Crippen LogP contribution in [0.2, 0.25) is 0 Å². The number of halogens is 1. The van der Waals surface area contributed by atoms with Crippen molar-refractivity contribution < 1.29 is 0 Å². The van der Waals surface area contributed by atoms with E-state index < -0.39 is 0 Å². The van der Waals surface area contributed by atoms with Crippen LogP contribution < -0.4 is 10.6 Å². The average molecular weight is 269 g/mol. The fourth-order valence-electron chi connectivity index (χ4n) is 1.87. The molecule has 0 radical (unpaired) electrons. The summed E-state index contributed by atoms with van der Waals surface area (Å²) in [6.45, 7) is 2.03. The van der Waals surface area contributed by atoms with Crippen LogP contribution >= 0.6 is 15.9 Å². The van der Waals surface area contributed by atoms with Gasteiger partial charge in [0.2, 0.25) is 0 Å². The van der Waals surface area contributed by atoms with Gasteiger partial charge in [0, 0.05) is 29.3 Å². The Morgan fingerprint density at radius 1 is 1.47 bits per heavy atom. The lowest BCUT2D eigenvalue weighted by Crippen LogP contribution is -2.22. The zero-order valence-corrected chi connectivity index (χ0v) is 10.8. The Bertz CT molecular complexity index is 359. The third kappa shape index (κ3) is 2.34. The summed E-state index contributed by atoms with van der Waals surface area (Å²) < 4.78 is 1.10. The number of nitrogens with two attached hydrogens (primary N) is 1. The third-order valence-corrected chi connectivity index (χ3v) is 3.45. The lowest BCUT2D eigenvalue weighted by atomic mass is 10.1. The maximum absolute atomic E-state index is 5.99. The summed E-state index contributed by atoms with van der Waals surface area (Å²) in [4.78, 5) is 2.35. The van der Waals surface area contributed by atoms with Gasteiger partial charge in [0.05, 0.1) is 0 Å². The highest BCUT2D eigenvalue weighted by Crippen LogP contribution is 2.35. The predicted molar refractivity (Wildman–Crippen MR) is 68.2 cm³/mol. The van der Waals surface area contributed by atoms with Crippen LogP contribution in [0.3, 0.4) is 0 Å². The summed E-state index contributed by atoms with van der Waals surface area (Å²) in [6, 6.07) is 7.17. The maximum Gasteiger partial charge on any atom is 0.0415 e. The molecule has 2 nitrogen and oxygen atoms in total. The molecular weight excluding hydrogens is 252 g/mol. The summed E-state index contributed by atoms with van der Waals surface area (Å²) in [7, 11) is 2.16. The Morgan fingerprint density at radius 3 is 2.67 bits per heavy atom. The van der Waals surface area contributed by atoms with E-state index in [0.29, 0.717) is 0 Å². The van der Waals surface area contributed by atoms with Crippen LogP contribution in [-0.2, 0) is 0 Å². The zero-order valence-electron chi connectivity index (χ0n) is 9.20. The molecule has 1 saturated carbocycles. The number of nitrogens with zero attached hydrogens (tertiary/aromatic N) is 1. The van der Waals surface area contributed by atoms with Crippen molar-refractivity contribution in [2.24, 2.45) is 5.73 Å². The van der Waals surface area contributed by atoms with E-state index in [1.165, 1.54) is 24.1 Å². The molecule has 0 saturated heterocycles. The summed E-state index contributed by atoms with van der Waals surface area (Å²) in [6.07, 6.45) is 2.62. The van der Waals surface area contributed by atoms with Crippen molar-refractivity contribution in [1.82, 2.24) is 0 Å². The number of anilines is 1. The molecule has 0 amide bonds. The van der Waals surface area contributed by atoms with Crippen LogP contribution in [0.1, 0.15) is 31.4 Å². The van der Waals surface area contributed by atoms with Crippen LogP contribution in [0.25, 0.3) is 0 Å². The van der Waals surface area contributed by atoms with Gasteiger partial charge in [0.1, 0.15) is 0 Å². The fraction of sp³-hybridized carbons (Fsp3) is 0.500. The first-order valence-electron chi connectivity index (χ1n) is 5.37. The average Bonchev–Trinajstić information content (AvgIpc) is 2.99. The molecule has 1 unspecified atom stereocenters. The van der Waals surface area contributed by atoms with Crippen molar-refractivity contribution in [2.75, 3.05) is 11.9 Å². The smallest absolute Gasteiger partial charge is 0.0415 e. The SMILES string of the molecule is CC(N)c1cc(Br)ccc1N(C)C1CC1. The van der Waals surface area contributed by atoms with Gasteiger partial charge in [0.15, 0.2) is 0 Å².